The molecule has 0 aliphatic rings. The number of para-hydroxylation sites is 1. The van der Waals surface area contributed by atoms with Gasteiger partial charge in [-0.15, -0.1) is 0 Å². The summed E-state index contributed by atoms with van der Waals surface area (Å²) in [4.78, 5) is 8.70. The Morgan fingerprint density at radius 1 is 1.04 bits per heavy atom. The van der Waals surface area contributed by atoms with Gasteiger partial charge in [0.25, 0.3) is 0 Å². The number of hydrogen-bond acceptors (Lipinski definition) is 4. The summed E-state index contributed by atoms with van der Waals surface area (Å²) in [5.41, 5.74) is 4.50. The molecule has 1 aromatic heterocycles. The first-order chi connectivity index (χ1) is 13.8. The lowest BCUT2D eigenvalue weighted by atomic mass is 10.1. The Morgan fingerprint density at radius 3 is 2.71 bits per heavy atom. The van der Waals surface area contributed by atoms with E-state index < -0.39 is 0 Å². The Hall–Kier alpha value is -2.98. The van der Waals surface area contributed by atoms with Crippen molar-refractivity contribution in [2.24, 2.45) is 4.99 Å². The van der Waals surface area contributed by atoms with Crippen LogP contribution in [0.5, 0.6) is 5.75 Å². The Morgan fingerprint density at radius 2 is 1.86 bits per heavy atom. The molecule has 28 heavy (non-hydrogen) atoms. The Labute approximate surface area is 167 Å². The molecule has 0 saturated heterocycles. The lowest BCUT2D eigenvalue weighted by molar-refractivity contribution is 0.303. The van der Waals surface area contributed by atoms with Crippen LogP contribution in [0.1, 0.15) is 29.3 Å². The first-order valence-electron chi connectivity index (χ1n) is 9.75. The molecule has 1 heterocycles. The summed E-state index contributed by atoms with van der Waals surface area (Å²) in [5.74, 6) is 0.948. The largest absolute Gasteiger partial charge is 0.489 e. The van der Waals surface area contributed by atoms with Gasteiger partial charge in [0.05, 0.1) is 5.69 Å². The van der Waals surface area contributed by atoms with E-state index in [9.17, 15) is 0 Å². The lowest BCUT2D eigenvalue weighted by Crippen LogP contribution is -2.18. The molecule has 2 aromatic carbocycles. The molecule has 3 rings (SSSR count). The fourth-order valence-corrected chi connectivity index (χ4v) is 2.90. The Kier molecular flexibility index (Phi) is 7.77. The molecule has 0 saturated carbocycles. The highest BCUT2D eigenvalue weighted by Crippen LogP contribution is 2.19. The highest BCUT2D eigenvalue weighted by Gasteiger charge is 2.04. The molecular weight excluding hydrogens is 346 g/mol. The minimum absolute atomic E-state index is 0.585. The van der Waals surface area contributed by atoms with Crippen LogP contribution >= 0.6 is 0 Å². The first-order valence-corrected chi connectivity index (χ1v) is 9.75. The Bertz CT molecular complexity index is 878. The molecule has 4 nitrogen and oxygen atoms in total. The summed E-state index contributed by atoms with van der Waals surface area (Å²) in [5, 5.41) is 3.47. The van der Waals surface area contributed by atoms with E-state index in [-0.39, 0.29) is 0 Å². The normalized spacial score (nSPS) is 11.0. The van der Waals surface area contributed by atoms with E-state index in [0.29, 0.717) is 6.61 Å². The molecule has 0 radical (unpaired) electrons. The van der Waals surface area contributed by atoms with Crippen LogP contribution in [-0.2, 0) is 19.6 Å². The van der Waals surface area contributed by atoms with E-state index >= 15 is 0 Å². The van der Waals surface area contributed by atoms with E-state index in [4.69, 9.17) is 4.74 Å². The second-order valence-corrected chi connectivity index (χ2v) is 6.52. The van der Waals surface area contributed by atoms with Crippen molar-refractivity contribution in [3.8, 4) is 5.75 Å². The van der Waals surface area contributed by atoms with E-state index in [0.717, 1.165) is 43.1 Å². The highest BCUT2D eigenvalue weighted by atomic mass is 16.5. The molecule has 0 unspecified atom stereocenters. The predicted molar refractivity (Wildman–Crippen MR) is 115 cm³/mol. The van der Waals surface area contributed by atoms with Crippen molar-refractivity contribution < 1.29 is 4.74 Å². The number of pyridine rings is 1. The average Bonchev–Trinajstić information content (AvgIpc) is 2.75. The quantitative estimate of drug-likeness (QED) is 0.422. The first kappa shape index (κ1) is 19.8. The van der Waals surface area contributed by atoms with E-state index in [1.165, 1.54) is 11.1 Å². The van der Waals surface area contributed by atoms with Gasteiger partial charge in [0.1, 0.15) is 12.4 Å². The monoisotopic (exact) mass is 373 g/mol. The summed E-state index contributed by atoms with van der Waals surface area (Å²) < 4.78 is 6.04. The minimum atomic E-state index is 0.585. The molecule has 0 bridgehead atoms. The van der Waals surface area contributed by atoms with E-state index in [1.54, 1.807) is 0 Å². The molecule has 3 aromatic rings. The van der Waals surface area contributed by atoms with Crippen molar-refractivity contribution in [2.45, 2.75) is 26.5 Å². The summed E-state index contributed by atoms with van der Waals surface area (Å²) in [6, 6.07) is 22.5. The lowest BCUT2D eigenvalue weighted by Gasteiger charge is -2.12. The van der Waals surface area contributed by atoms with Gasteiger partial charge >= 0.3 is 0 Å². The molecule has 0 amide bonds. The van der Waals surface area contributed by atoms with Gasteiger partial charge in [-0.25, -0.2) is 0 Å². The van der Waals surface area contributed by atoms with Gasteiger partial charge in [-0.1, -0.05) is 48.5 Å². The maximum atomic E-state index is 6.04. The molecule has 0 spiro atoms. The van der Waals surface area contributed by atoms with Crippen LogP contribution < -0.4 is 10.1 Å². The van der Waals surface area contributed by atoms with Crippen molar-refractivity contribution in [1.29, 1.82) is 0 Å². The van der Waals surface area contributed by atoms with Gasteiger partial charge in [0.15, 0.2) is 0 Å². The van der Waals surface area contributed by atoms with Crippen LogP contribution in [0, 0.1) is 0 Å². The summed E-state index contributed by atoms with van der Waals surface area (Å²) >= 11 is 0. The van der Waals surface area contributed by atoms with Crippen molar-refractivity contribution >= 4 is 6.21 Å². The number of aromatic nitrogens is 1. The van der Waals surface area contributed by atoms with Crippen LogP contribution in [0.25, 0.3) is 0 Å². The molecule has 144 valence electrons. The smallest absolute Gasteiger partial charge is 0.123 e. The zero-order valence-electron chi connectivity index (χ0n) is 16.3. The van der Waals surface area contributed by atoms with Crippen LogP contribution in [0.15, 0.2) is 77.9 Å². The SMILES string of the molecule is CCN=Cc1ccnc(CNCCc2ccccc2OCc2ccccc2)c1. The fourth-order valence-electron chi connectivity index (χ4n) is 2.90. The second kappa shape index (κ2) is 11.0. The number of ether oxygens (including phenoxy) is 1. The second-order valence-electron chi connectivity index (χ2n) is 6.52. The number of nitrogens with zero attached hydrogens (tertiary/aromatic N) is 2. The summed E-state index contributed by atoms with van der Waals surface area (Å²) in [7, 11) is 0. The van der Waals surface area contributed by atoms with Gasteiger partial charge in [-0.2, -0.15) is 0 Å². The maximum absolute atomic E-state index is 6.04. The van der Waals surface area contributed by atoms with Crippen LogP contribution in [0.2, 0.25) is 0 Å². The Balaban J connectivity index is 1.49. The third-order valence-electron chi connectivity index (χ3n) is 4.35. The van der Waals surface area contributed by atoms with Crippen molar-refractivity contribution in [3.05, 3.63) is 95.3 Å². The van der Waals surface area contributed by atoms with Gasteiger partial charge in [0.2, 0.25) is 0 Å². The van der Waals surface area contributed by atoms with Gasteiger partial charge in [-0.3, -0.25) is 9.98 Å². The fraction of sp³-hybridized carbons (Fsp3) is 0.250. The molecule has 1 N–H and O–H groups in total. The van der Waals surface area contributed by atoms with Gasteiger partial charge in [0, 0.05) is 25.5 Å². The standard InChI is InChI=1S/C24H27N3O/c1-2-25-17-21-12-15-27-23(16-21)18-26-14-13-22-10-6-7-11-24(22)28-19-20-8-4-3-5-9-20/h3-12,15-17,26H,2,13-14,18-19H2,1H3. The summed E-state index contributed by atoms with van der Waals surface area (Å²) in [6.45, 7) is 5.01. The predicted octanol–water partition coefficient (Wildman–Crippen LogP) is 4.43. The van der Waals surface area contributed by atoms with Gasteiger partial charge in [-0.05, 0) is 54.8 Å². The minimum Gasteiger partial charge on any atom is -0.489 e. The van der Waals surface area contributed by atoms with Crippen LogP contribution in [0.4, 0.5) is 0 Å². The van der Waals surface area contributed by atoms with Crippen LogP contribution in [-0.4, -0.2) is 24.3 Å². The van der Waals surface area contributed by atoms with Crippen LogP contribution in [0.3, 0.4) is 0 Å². The van der Waals surface area contributed by atoms with E-state index in [2.05, 4.69) is 45.6 Å². The number of aliphatic imine (C=N–C) groups is 1. The van der Waals surface area contributed by atoms with E-state index in [1.807, 2.05) is 55.7 Å². The topological polar surface area (TPSA) is 46.5 Å². The summed E-state index contributed by atoms with van der Waals surface area (Å²) in [6.07, 6.45) is 4.63. The molecular formula is C24H27N3O. The number of rotatable bonds is 10. The third kappa shape index (κ3) is 6.32. The maximum Gasteiger partial charge on any atom is 0.123 e. The third-order valence-corrected chi connectivity index (χ3v) is 4.35. The molecule has 4 heteroatoms. The van der Waals surface area contributed by atoms with Crippen molar-refractivity contribution in [3.63, 3.8) is 0 Å². The molecule has 0 aliphatic carbocycles. The molecule has 0 fully saturated rings. The zero-order chi connectivity index (χ0) is 19.4. The highest BCUT2D eigenvalue weighted by molar-refractivity contribution is 5.79. The van der Waals surface area contributed by atoms with Crippen molar-refractivity contribution in [1.82, 2.24) is 10.3 Å². The number of nitrogens with one attached hydrogen (secondary N) is 1. The molecule has 0 atom stereocenters. The zero-order valence-corrected chi connectivity index (χ0v) is 16.3. The molecule has 0 aliphatic heterocycles. The number of hydrogen-bond donors (Lipinski definition) is 1. The van der Waals surface area contributed by atoms with Gasteiger partial charge < -0.3 is 10.1 Å². The number of benzene rings is 2. The average molecular weight is 374 g/mol. The van der Waals surface area contributed by atoms with Crippen molar-refractivity contribution in [2.75, 3.05) is 13.1 Å².